The molecule has 0 bridgehead atoms. The van der Waals surface area contributed by atoms with E-state index in [1.807, 2.05) is 0 Å². The summed E-state index contributed by atoms with van der Waals surface area (Å²) in [5.41, 5.74) is -1.32. The Morgan fingerprint density at radius 3 is 2.38 bits per heavy atom. The topological polar surface area (TPSA) is 121 Å². The lowest BCUT2D eigenvalue weighted by Crippen LogP contribution is -2.57. The van der Waals surface area contributed by atoms with Gasteiger partial charge in [0.1, 0.15) is 11.5 Å². The minimum absolute atomic E-state index is 0.0305. The number of aliphatic hydroxyl groups is 2. The quantitative estimate of drug-likeness (QED) is 0.439. The Morgan fingerprint density at radius 2 is 1.84 bits per heavy atom. The number of benzene rings is 1. The van der Waals surface area contributed by atoms with Crippen LogP contribution in [0.2, 0.25) is 0 Å². The van der Waals surface area contributed by atoms with E-state index in [1.54, 1.807) is 6.92 Å². The molecule has 5 N–H and O–H groups in total. The van der Waals surface area contributed by atoms with E-state index in [4.69, 9.17) is 9.85 Å². The number of aryl methyl sites for hydroxylation is 2. The van der Waals surface area contributed by atoms with Gasteiger partial charge in [-0.3, -0.25) is 5.10 Å². The van der Waals surface area contributed by atoms with Crippen molar-refractivity contribution in [2.45, 2.75) is 37.8 Å². The molecule has 0 fully saturated rings. The summed E-state index contributed by atoms with van der Waals surface area (Å²) in [7, 11) is 0. The molecule has 2 aromatic heterocycles. The Morgan fingerprint density at radius 1 is 1.16 bits per heavy atom. The first kappa shape index (κ1) is 19.5. The van der Waals surface area contributed by atoms with Crippen LogP contribution in [-0.2, 0) is 5.60 Å². The fourth-order valence-electron chi connectivity index (χ4n) is 3.03. The van der Waals surface area contributed by atoms with Gasteiger partial charge < -0.3 is 15.9 Å². The van der Waals surface area contributed by atoms with Gasteiger partial charge >= 0.3 is 12.4 Å². The third kappa shape index (κ3) is 3.88. The first-order chi connectivity index (χ1) is 15.9. The molecule has 0 spiro atoms. The number of alkyl halides is 6. The van der Waals surface area contributed by atoms with E-state index in [2.05, 4.69) is 20.2 Å². The molecule has 172 valence electrons. The number of H-pyrrole nitrogens is 1. The Balaban J connectivity index is 2.33. The Hall–Kier alpha value is -3.19. The molecule has 0 saturated carbocycles. The SMILES string of the molecule is [2H]C([2H])([2H])c1ccc(C(O)(C(O)C(F)(F)F)C(F)(F)F)cc1-c1cnc(N)c(-c2c[nH]nc2C)n1. The number of halogens is 6. The van der Waals surface area contributed by atoms with Crippen LogP contribution in [-0.4, -0.2) is 48.8 Å². The molecule has 2 heterocycles. The van der Waals surface area contributed by atoms with Gasteiger partial charge in [-0.1, -0.05) is 12.1 Å². The molecule has 3 aromatic rings. The molecule has 2 atom stereocenters. The highest BCUT2D eigenvalue weighted by Gasteiger charge is 2.67. The van der Waals surface area contributed by atoms with E-state index in [1.165, 1.54) is 6.20 Å². The van der Waals surface area contributed by atoms with Gasteiger partial charge in [-0.2, -0.15) is 31.4 Å². The standard InChI is InChI=1S/C19H17F6N5O2/c1-8-3-4-10(17(32,19(23,24)25)16(31)18(20,21)22)5-11(8)13-7-27-15(26)14(29-13)12-6-28-30-9(12)2/h3-7,16,31-32H,1-2H3,(H2,26,27)(H,28,30)/i1D3. The molecule has 32 heavy (non-hydrogen) atoms. The van der Waals surface area contributed by atoms with Gasteiger partial charge in [0.05, 0.1) is 17.6 Å². The molecule has 2 unspecified atom stereocenters. The maximum absolute atomic E-state index is 13.7. The molecule has 3 rings (SSSR count). The second kappa shape index (κ2) is 7.74. The van der Waals surface area contributed by atoms with Crippen molar-refractivity contribution in [1.82, 2.24) is 20.2 Å². The zero-order valence-electron chi connectivity index (χ0n) is 19.0. The van der Waals surface area contributed by atoms with Crippen LogP contribution in [0, 0.1) is 13.8 Å². The van der Waals surface area contributed by atoms with Crippen LogP contribution in [0.3, 0.4) is 0 Å². The normalized spacial score (nSPS) is 17.2. The minimum Gasteiger partial charge on any atom is -0.382 e. The van der Waals surface area contributed by atoms with Crippen LogP contribution in [0.1, 0.15) is 20.9 Å². The maximum atomic E-state index is 13.7. The van der Waals surface area contributed by atoms with E-state index in [-0.39, 0.29) is 17.2 Å². The highest BCUT2D eigenvalue weighted by Crippen LogP contribution is 2.47. The summed E-state index contributed by atoms with van der Waals surface area (Å²) in [6.45, 7) is -1.39. The third-order valence-corrected chi connectivity index (χ3v) is 4.76. The number of hydrogen-bond donors (Lipinski definition) is 4. The molecule has 0 radical (unpaired) electrons. The van der Waals surface area contributed by atoms with Crippen molar-refractivity contribution in [2.75, 3.05) is 5.73 Å². The predicted octanol–water partition coefficient (Wildman–Crippen LogP) is 3.41. The van der Waals surface area contributed by atoms with E-state index >= 15 is 0 Å². The maximum Gasteiger partial charge on any atom is 0.424 e. The Kier molecular flexibility index (Phi) is 4.72. The second-order valence-electron chi connectivity index (χ2n) is 6.84. The average Bonchev–Trinajstić information content (AvgIpc) is 3.16. The monoisotopic (exact) mass is 464 g/mol. The number of aliphatic hydroxyl groups excluding tert-OH is 1. The first-order valence-electron chi connectivity index (χ1n) is 10.2. The number of aromatic nitrogens is 4. The fourth-order valence-corrected chi connectivity index (χ4v) is 3.03. The van der Waals surface area contributed by atoms with Crippen molar-refractivity contribution >= 4 is 5.82 Å². The third-order valence-electron chi connectivity index (χ3n) is 4.76. The highest BCUT2D eigenvalue weighted by atomic mass is 19.4. The van der Waals surface area contributed by atoms with Crippen LogP contribution in [0.25, 0.3) is 22.5 Å². The fraction of sp³-hybridized carbons (Fsp3) is 0.316. The van der Waals surface area contributed by atoms with Gasteiger partial charge in [-0.25, -0.2) is 9.97 Å². The number of nitrogen functional groups attached to an aromatic ring is 1. The molecule has 0 aliphatic heterocycles. The number of anilines is 1. The van der Waals surface area contributed by atoms with Gasteiger partial charge in [-0.05, 0) is 31.0 Å². The van der Waals surface area contributed by atoms with Gasteiger partial charge in [0.2, 0.25) is 5.60 Å². The number of aromatic amines is 1. The van der Waals surface area contributed by atoms with E-state index < -0.39 is 47.6 Å². The van der Waals surface area contributed by atoms with Crippen molar-refractivity contribution in [2.24, 2.45) is 0 Å². The number of rotatable bonds is 4. The van der Waals surface area contributed by atoms with Crippen molar-refractivity contribution in [3.8, 4) is 22.5 Å². The lowest BCUT2D eigenvalue weighted by molar-refractivity contribution is -0.347. The van der Waals surface area contributed by atoms with Gasteiger partial charge in [0.15, 0.2) is 6.10 Å². The number of nitrogens with one attached hydrogen (secondary N) is 1. The average molecular weight is 464 g/mol. The molecule has 7 nitrogen and oxygen atoms in total. The number of nitrogens with two attached hydrogens (primary N) is 1. The van der Waals surface area contributed by atoms with Crippen LogP contribution in [0.5, 0.6) is 0 Å². The molecule has 1 aromatic carbocycles. The second-order valence-corrected chi connectivity index (χ2v) is 6.84. The van der Waals surface area contributed by atoms with E-state index in [0.29, 0.717) is 29.5 Å². The number of hydrogen-bond acceptors (Lipinski definition) is 6. The van der Waals surface area contributed by atoms with Crippen LogP contribution >= 0.6 is 0 Å². The minimum atomic E-state index is -6.01. The van der Waals surface area contributed by atoms with E-state index in [9.17, 15) is 36.6 Å². The van der Waals surface area contributed by atoms with Crippen molar-refractivity contribution in [3.63, 3.8) is 0 Å². The van der Waals surface area contributed by atoms with Crippen molar-refractivity contribution < 1.29 is 40.7 Å². The molecule has 0 aliphatic carbocycles. The molecule has 0 aliphatic rings. The van der Waals surface area contributed by atoms with Gasteiger partial charge in [0.25, 0.3) is 0 Å². The summed E-state index contributed by atoms with van der Waals surface area (Å²) in [6, 6.07) is 1.31. The Bertz CT molecular complexity index is 1240. The molecule has 13 heteroatoms. The summed E-state index contributed by atoms with van der Waals surface area (Å²) >= 11 is 0. The van der Waals surface area contributed by atoms with Crippen LogP contribution in [0.15, 0.2) is 30.6 Å². The van der Waals surface area contributed by atoms with Crippen molar-refractivity contribution in [3.05, 3.63) is 47.4 Å². The molecule has 0 amide bonds. The van der Waals surface area contributed by atoms with E-state index in [0.717, 1.165) is 6.20 Å². The highest BCUT2D eigenvalue weighted by molar-refractivity contribution is 5.75. The van der Waals surface area contributed by atoms with Crippen LogP contribution in [0.4, 0.5) is 32.2 Å². The van der Waals surface area contributed by atoms with Crippen LogP contribution < -0.4 is 5.73 Å². The largest absolute Gasteiger partial charge is 0.424 e. The zero-order chi connectivity index (χ0) is 26.6. The molecular weight excluding hydrogens is 444 g/mol. The smallest absolute Gasteiger partial charge is 0.382 e. The Labute approximate surface area is 181 Å². The zero-order valence-corrected chi connectivity index (χ0v) is 16.0. The van der Waals surface area contributed by atoms with Gasteiger partial charge in [-0.15, -0.1) is 0 Å². The summed E-state index contributed by atoms with van der Waals surface area (Å²) < 4.78 is 104. The lowest BCUT2D eigenvalue weighted by atomic mass is 9.84. The lowest BCUT2D eigenvalue weighted by Gasteiger charge is -2.36. The predicted molar refractivity (Wildman–Crippen MR) is 101 cm³/mol. The summed E-state index contributed by atoms with van der Waals surface area (Å²) in [5.74, 6) is -0.149. The molecular formula is C19H17F6N5O2. The summed E-state index contributed by atoms with van der Waals surface area (Å²) in [5, 5.41) is 26.0. The summed E-state index contributed by atoms with van der Waals surface area (Å²) in [6.07, 6.45) is -13.9. The first-order valence-corrected chi connectivity index (χ1v) is 8.71. The van der Waals surface area contributed by atoms with Crippen molar-refractivity contribution in [1.29, 1.82) is 0 Å². The summed E-state index contributed by atoms with van der Waals surface area (Å²) in [4.78, 5) is 8.02. The van der Waals surface area contributed by atoms with Gasteiger partial charge in [0, 0.05) is 21.4 Å². The molecule has 0 saturated heterocycles. The number of nitrogens with zero attached hydrogens (tertiary/aromatic N) is 3.